The van der Waals surface area contributed by atoms with E-state index in [9.17, 15) is 9.59 Å². The largest absolute Gasteiger partial charge is 0.487 e. The highest BCUT2D eigenvalue weighted by Gasteiger charge is 2.05. The molecule has 1 aromatic carbocycles. The monoisotopic (exact) mass is 319 g/mol. The Kier molecular flexibility index (Phi) is 5.91. The lowest BCUT2D eigenvalue weighted by molar-refractivity contribution is -0.118. The van der Waals surface area contributed by atoms with Crippen LogP contribution < -0.4 is 15.4 Å². The summed E-state index contributed by atoms with van der Waals surface area (Å²) in [5, 5.41) is 7.27. The lowest BCUT2D eigenvalue weighted by Crippen LogP contribution is -2.33. The molecule has 1 heterocycles. The molecule has 0 aliphatic carbocycles. The van der Waals surface area contributed by atoms with Crippen LogP contribution in [0.5, 0.6) is 5.75 Å². The van der Waals surface area contributed by atoms with E-state index in [0.29, 0.717) is 31.0 Å². The Morgan fingerprint density at radius 3 is 2.55 bits per heavy atom. The smallest absolute Gasteiger partial charge is 0.251 e. The van der Waals surface area contributed by atoms with Crippen LogP contribution in [0, 0.1) is 0 Å². The first-order valence-electron chi connectivity index (χ1n) is 6.77. The van der Waals surface area contributed by atoms with Crippen molar-refractivity contribution in [2.24, 2.45) is 0 Å². The van der Waals surface area contributed by atoms with E-state index in [1.54, 1.807) is 29.8 Å². The first-order valence-corrected chi connectivity index (χ1v) is 7.72. The van der Waals surface area contributed by atoms with E-state index >= 15 is 0 Å². The molecule has 2 N–H and O–H groups in total. The quantitative estimate of drug-likeness (QED) is 0.760. The van der Waals surface area contributed by atoms with Gasteiger partial charge in [-0.25, -0.2) is 4.98 Å². The van der Waals surface area contributed by atoms with Crippen molar-refractivity contribution in [2.75, 3.05) is 13.1 Å². The Morgan fingerprint density at radius 2 is 1.91 bits per heavy atom. The van der Waals surface area contributed by atoms with Gasteiger partial charge in [-0.3, -0.25) is 9.59 Å². The summed E-state index contributed by atoms with van der Waals surface area (Å²) < 4.78 is 5.57. The second kappa shape index (κ2) is 8.14. The average Bonchev–Trinajstić information content (AvgIpc) is 3.03. The van der Waals surface area contributed by atoms with E-state index in [2.05, 4.69) is 15.6 Å². The summed E-state index contributed by atoms with van der Waals surface area (Å²) in [5.74, 6) is 0.384. The topological polar surface area (TPSA) is 80.3 Å². The number of thiazole rings is 1. The third-order valence-corrected chi connectivity index (χ3v) is 3.41. The van der Waals surface area contributed by atoms with Crippen LogP contribution >= 0.6 is 11.3 Å². The van der Waals surface area contributed by atoms with Crippen molar-refractivity contribution in [3.63, 3.8) is 0 Å². The minimum Gasteiger partial charge on any atom is -0.487 e. The fourth-order valence-electron chi connectivity index (χ4n) is 1.69. The van der Waals surface area contributed by atoms with Crippen LogP contribution in [0.4, 0.5) is 0 Å². The van der Waals surface area contributed by atoms with Crippen LogP contribution in [0.25, 0.3) is 0 Å². The normalized spacial score (nSPS) is 10.0. The Labute approximate surface area is 132 Å². The van der Waals surface area contributed by atoms with Gasteiger partial charge in [0.2, 0.25) is 5.91 Å². The maximum atomic E-state index is 11.9. The van der Waals surface area contributed by atoms with Crippen LogP contribution in [-0.4, -0.2) is 29.9 Å². The zero-order valence-corrected chi connectivity index (χ0v) is 13.0. The van der Waals surface area contributed by atoms with Crippen LogP contribution in [-0.2, 0) is 11.4 Å². The van der Waals surface area contributed by atoms with Gasteiger partial charge in [-0.05, 0) is 24.3 Å². The average molecular weight is 319 g/mol. The molecule has 7 heteroatoms. The molecule has 0 saturated heterocycles. The molecule has 2 rings (SSSR count). The van der Waals surface area contributed by atoms with E-state index in [1.165, 1.54) is 18.3 Å². The number of hydrogen-bond donors (Lipinski definition) is 2. The zero-order chi connectivity index (χ0) is 15.8. The molecule has 6 nitrogen and oxygen atoms in total. The Hall–Kier alpha value is -2.41. The van der Waals surface area contributed by atoms with Crippen molar-refractivity contribution >= 4 is 23.2 Å². The van der Waals surface area contributed by atoms with Gasteiger partial charge in [0.25, 0.3) is 5.91 Å². The number of aromatic nitrogens is 1. The van der Waals surface area contributed by atoms with Gasteiger partial charge in [-0.1, -0.05) is 0 Å². The number of benzene rings is 1. The number of carbonyl (C=O) groups excluding carboxylic acids is 2. The maximum absolute atomic E-state index is 11.9. The van der Waals surface area contributed by atoms with Gasteiger partial charge >= 0.3 is 0 Å². The second-order valence-corrected chi connectivity index (χ2v) is 5.25. The molecule has 2 aromatic rings. The van der Waals surface area contributed by atoms with E-state index in [4.69, 9.17) is 4.74 Å². The molecule has 0 unspecified atom stereocenters. The van der Waals surface area contributed by atoms with Gasteiger partial charge in [-0.2, -0.15) is 0 Å². The summed E-state index contributed by atoms with van der Waals surface area (Å²) in [4.78, 5) is 26.7. The number of ether oxygens (including phenoxy) is 1. The van der Waals surface area contributed by atoms with E-state index in [-0.39, 0.29) is 11.8 Å². The fraction of sp³-hybridized carbons (Fsp3) is 0.267. The lowest BCUT2D eigenvalue weighted by Gasteiger charge is -2.07. The van der Waals surface area contributed by atoms with Gasteiger partial charge in [0, 0.05) is 31.0 Å². The molecule has 0 aliphatic rings. The van der Waals surface area contributed by atoms with Crippen LogP contribution in [0.2, 0.25) is 0 Å². The maximum Gasteiger partial charge on any atom is 0.251 e. The summed E-state index contributed by atoms with van der Waals surface area (Å²) in [5.41, 5.74) is 3.18. The molecule has 22 heavy (non-hydrogen) atoms. The van der Waals surface area contributed by atoms with Crippen molar-refractivity contribution in [2.45, 2.75) is 13.5 Å². The molecule has 0 bridgehead atoms. The lowest BCUT2D eigenvalue weighted by atomic mass is 10.2. The minimum absolute atomic E-state index is 0.115. The number of carbonyl (C=O) groups is 2. The Morgan fingerprint density at radius 1 is 1.18 bits per heavy atom. The van der Waals surface area contributed by atoms with Crippen LogP contribution in [0.3, 0.4) is 0 Å². The molecule has 0 saturated carbocycles. The van der Waals surface area contributed by atoms with Gasteiger partial charge in [0.05, 0.1) is 11.2 Å². The highest BCUT2D eigenvalue weighted by Crippen LogP contribution is 2.14. The molecule has 0 radical (unpaired) electrons. The van der Waals surface area contributed by atoms with Crippen molar-refractivity contribution in [3.05, 3.63) is 46.4 Å². The molecule has 0 fully saturated rings. The molecular formula is C15H17N3O3S. The van der Waals surface area contributed by atoms with Gasteiger partial charge in [0.15, 0.2) is 0 Å². The summed E-state index contributed by atoms with van der Waals surface area (Å²) in [6.45, 7) is 2.65. The number of hydrogen-bond acceptors (Lipinski definition) is 5. The van der Waals surface area contributed by atoms with Crippen molar-refractivity contribution in [3.8, 4) is 5.75 Å². The third kappa shape index (κ3) is 5.17. The molecular weight excluding hydrogens is 302 g/mol. The summed E-state index contributed by atoms with van der Waals surface area (Å²) in [6.07, 6.45) is 0. The van der Waals surface area contributed by atoms with Gasteiger partial charge < -0.3 is 15.4 Å². The van der Waals surface area contributed by atoms with Gasteiger partial charge in [0.1, 0.15) is 12.4 Å². The second-order valence-electron chi connectivity index (χ2n) is 4.53. The predicted octanol–water partition coefficient (Wildman–Crippen LogP) is 1.59. The van der Waals surface area contributed by atoms with Crippen LogP contribution in [0.15, 0.2) is 35.2 Å². The first kappa shape index (κ1) is 16.0. The van der Waals surface area contributed by atoms with Crippen molar-refractivity contribution in [1.82, 2.24) is 15.6 Å². The molecule has 2 amide bonds. The summed E-state index contributed by atoms with van der Waals surface area (Å²) in [7, 11) is 0. The van der Waals surface area contributed by atoms with Gasteiger partial charge in [-0.15, -0.1) is 11.3 Å². The summed E-state index contributed by atoms with van der Waals surface area (Å²) >= 11 is 1.52. The molecule has 0 aliphatic heterocycles. The van der Waals surface area contributed by atoms with Crippen molar-refractivity contribution < 1.29 is 14.3 Å². The Balaban J connectivity index is 1.78. The zero-order valence-electron chi connectivity index (χ0n) is 12.2. The van der Waals surface area contributed by atoms with E-state index < -0.39 is 0 Å². The number of nitrogens with one attached hydrogen (secondary N) is 2. The van der Waals surface area contributed by atoms with Crippen LogP contribution in [0.1, 0.15) is 23.0 Å². The molecule has 116 valence electrons. The van der Waals surface area contributed by atoms with Crippen molar-refractivity contribution in [1.29, 1.82) is 0 Å². The molecule has 0 atom stereocenters. The van der Waals surface area contributed by atoms with E-state index in [1.807, 2.05) is 5.38 Å². The number of amides is 2. The highest BCUT2D eigenvalue weighted by molar-refractivity contribution is 7.07. The Bertz CT molecular complexity index is 611. The SMILES string of the molecule is CC(=O)NCCNC(=O)c1ccc(OCc2cscn2)cc1. The summed E-state index contributed by atoms with van der Waals surface area (Å²) in [6, 6.07) is 6.89. The molecule has 0 spiro atoms. The number of rotatable bonds is 7. The number of nitrogens with zero attached hydrogens (tertiary/aromatic N) is 1. The third-order valence-electron chi connectivity index (χ3n) is 2.77. The minimum atomic E-state index is -0.184. The predicted molar refractivity (Wildman–Crippen MR) is 83.9 cm³/mol. The highest BCUT2D eigenvalue weighted by atomic mass is 32.1. The van der Waals surface area contributed by atoms with E-state index in [0.717, 1.165) is 5.69 Å². The fourth-order valence-corrected chi connectivity index (χ4v) is 2.23. The standard InChI is InChI=1S/C15H17N3O3S/c1-11(19)16-6-7-17-15(20)12-2-4-14(5-3-12)21-8-13-9-22-10-18-13/h2-5,9-10H,6-8H2,1H3,(H,16,19)(H,17,20). The molecule has 1 aromatic heterocycles. The first-order chi connectivity index (χ1) is 10.6.